The van der Waals surface area contributed by atoms with E-state index in [-0.39, 0.29) is 5.60 Å². The lowest BCUT2D eigenvalue weighted by Crippen LogP contribution is -2.47. The zero-order chi connectivity index (χ0) is 6.86. The molecule has 0 amide bonds. The van der Waals surface area contributed by atoms with Crippen LogP contribution in [0.5, 0.6) is 0 Å². The summed E-state index contributed by atoms with van der Waals surface area (Å²) in [5.41, 5.74) is 0.274. The highest BCUT2D eigenvalue weighted by molar-refractivity contribution is 4.92. The first-order valence-electron chi connectivity index (χ1n) is 4.26. The van der Waals surface area contributed by atoms with Gasteiger partial charge in [0.05, 0.1) is 5.60 Å². The van der Waals surface area contributed by atoms with Crippen molar-refractivity contribution in [3.8, 4) is 0 Å². The first-order valence-corrected chi connectivity index (χ1v) is 4.26. The normalized spacial score (nSPS) is 31.2. The molecule has 0 bridgehead atoms. The number of rotatable bonds is 0. The number of hydrogen-bond donors (Lipinski definition) is 1. The Kier molecular flexibility index (Phi) is 1.66. The molecule has 2 heteroatoms. The molecular formula is C8H15NO. The zero-order valence-corrected chi connectivity index (χ0v) is 6.36. The highest BCUT2D eigenvalue weighted by Gasteiger charge is 2.38. The van der Waals surface area contributed by atoms with Crippen LogP contribution in [0, 0.1) is 0 Å². The summed E-state index contributed by atoms with van der Waals surface area (Å²) in [6.45, 7) is 3.20. The lowest BCUT2D eigenvalue weighted by Gasteiger charge is -2.40. The van der Waals surface area contributed by atoms with Crippen molar-refractivity contribution in [2.75, 3.05) is 19.7 Å². The van der Waals surface area contributed by atoms with Gasteiger partial charge in [-0.3, -0.25) is 0 Å². The first kappa shape index (κ1) is 6.62. The van der Waals surface area contributed by atoms with Crippen molar-refractivity contribution in [3.63, 3.8) is 0 Å². The highest BCUT2D eigenvalue weighted by Crippen LogP contribution is 2.35. The van der Waals surface area contributed by atoms with Crippen LogP contribution < -0.4 is 5.32 Å². The summed E-state index contributed by atoms with van der Waals surface area (Å²) >= 11 is 0. The zero-order valence-electron chi connectivity index (χ0n) is 6.36. The molecule has 1 spiro atoms. The summed E-state index contributed by atoms with van der Waals surface area (Å²) in [5, 5.41) is 3.42. The Balaban J connectivity index is 1.92. The van der Waals surface area contributed by atoms with Crippen LogP contribution in [0.25, 0.3) is 0 Å². The molecule has 1 heterocycles. The molecule has 0 aromatic carbocycles. The van der Waals surface area contributed by atoms with Crippen LogP contribution in [0.3, 0.4) is 0 Å². The van der Waals surface area contributed by atoms with Gasteiger partial charge < -0.3 is 10.1 Å². The molecule has 2 nitrogen and oxygen atoms in total. The summed E-state index contributed by atoms with van der Waals surface area (Å²) < 4.78 is 5.76. The number of nitrogens with one attached hydrogen (secondary N) is 1. The molecule has 0 radical (unpaired) electrons. The van der Waals surface area contributed by atoms with E-state index in [0.29, 0.717) is 0 Å². The topological polar surface area (TPSA) is 21.3 Å². The molecule has 1 aliphatic heterocycles. The fraction of sp³-hybridized carbons (Fsp3) is 1.00. The summed E-state index contributed by atoms with van der Waals surface area (Å²) in [6, 6.07) is 0. The Bertz CT molecular complexity index is 110. The van der Waals surface area contributed by atoms with Gasteiger partial charge in [-0.1, -0.05) is 0 Å². The Hall–Kier alpha value is -0.0800. The third-order valence-electron chi connectivity index (χ3n) is 2.62. The van der Waals surface area contributed by atoms with Crippen molar-refractivity contribution in [2.24, 2.45) is 0 Å². The number of hydrogen-bond acceptors (Lipinski definition) is 2. The summed E-state index contributed by atoms with van der Waals surface area (Å²) in [7, 11) is 0. The lowest BCUT2D eigenvalue weighted by atomic mass is 9.80. The van der Waals surface area contributed by atoms with Crippen LogP contribution in [-0.2, 0) is 4.74 Å². The molecule has 10 heavy (non-hydrogen) atoms. The predicted molar refractivity (Wildman–Crippen MR) is 40.0 cm³/mol. The Morgan fingerprint density at radius 1 is 1.20 bits per heavy atom. The van der Waals surface area contributed by atoms with E-state index >= 15 is 0 Å². The molecule has 1 aliphatic carbocycles. The smallest absolute Gasteiger partial charge is 0.0806 e. The molecule has 1 saturated heterocycles. The molecule has 58 valence electrons. The van der Waals surface area contributed by atoms with E-state index < -0.39 is 0 Å². The number of ether oxygens (including phenoxy) is 1. The largest absolute Gasteiger partial charge is 0.374 e. The van der Waals surface area contributed by atoms with Crippen LogP contribution in [0.1, 0.15) is 25.7 Å². The van der Waals surface area contributed by atoms with Crippen LogP contribution in [-0.4, -0.2) is 25.3 Å². The van der Waals surface area contributed by atoms with Crippen molar-refractivity contribution < 1.29 is 4.74 Å². The predicted octanol–water partition coefficient (Wildman–Crippen LogP) is 0.919. The Morgan fingerprint density at radius 2 is 2.10 bits per heavy atom. The van der Waals surface area contributed by atoms with E-state index in [1.54, 1.807) is 0 Å². The molecular weight excluding hydrogens is 126 g/mol. The average Bonchev–Trinajstić information content (AvgIpc) is 2.08. The van der Waals surface area contributed by atoms with Crippen molar-refractivity contribution >= 4 is 0 Å². The minimum atomic E-state index is 0.274. The lowest BCUT2D eigenvalue weighted by molar-refractivity contribution is -0.0876. The molecule has 0 unspecified atom stereocenters. The van der Waals surface area contributed by atoms with Gasteiger partial charge in [0, 0.05) is 13.2 Å². The molecule has 2 rings (SSSR count). The Labute approximate surface area is 61.9 Å². The van der Waals surface area contributed by atoms with Gasteiger partial charge in [-0.15, -0.1) is 0 Å². The standard InChI is InChI=1S/C8H15NO/c1-3-8(4-1)7-9-5-2-6-10-8/h9H,1-7H2. The van der Waals surface area contributed by atoms with Crippen LogP contribution >= 0.6 is 0 Å². The van der Waals surface area contributed by atoms with E-state index in [1.807, 2.05) is 0 Å². The maximum atomic E-state index is 5.76. The van der Waals surface area contributed by atoms with Gasteiger partial charge in [0.25, 0.3) is 0 Å². The fourth-order valence-electron chi connectivity index (χ4n) is 1.75. The SMILES string of the molecule is C1CNCC2(CCC2)OC1. The van der Waals surface area contributed by atoms with Crippen LogP contribution in [0.15, 0.2) is 0 Å². The second kappa shape index (κ2) is 2.51. The minimum absolute atomic E-state index is 0.274. The summed E-state index contributed by atoms with van der Waals surface area (Å²) in [4.78, 5) is 0. The molecule has 1 saturated carbocycles. The van der Waals surface area contributed by atoms with E-state index in [2.05, 4.69) is 5.32 Å². The second-order valence-electron chi connectivity index (χ2n) is 3.42. The summed E-state index contributed by atoms with van der Waals surface area (Å²) in [5.74, 6) is 0. The van der Waals surface area contributed by atoms with Gasteiger partial charge in [0.2, 0.25) is 0 Å². The van der Waals surface area contributed by atoms with Gasteiger partial charge >= 0.3 is 0 Å². The van der Waals surface area contributed by atoms with E-state index in [9.17, 15) is 0 Å². The van der Waals surface area contributed by atoms with Gasteiger partial charge in [-0.05, 0) is 32.2 Å². The molecule has 1 N–H and O–H groups in total. The monoisotopic (exact) mass is 141 g/mol. The van der Waals surface area contributed by atoms with Crippen molar-refractivity contribution in [2.45, 2.75) is 31.3 Å². The van der Waals surface area contributed by atoms with Crippen LogP contribution in [0.4, 0.5) is 0 Å². The van der Waals surface area contributed by atoms with Crippen molar-refractivity contribution in [3.05, 3.63) is 0 Å². The molecule has 2 fully saturated rings. The van der Waals surface area contributed by atoms with Gasteiger partial charge in [-0.25, -0.2) is 0 Å². The average molecular weight is 141 g/mol. The van der Waals surface area contributed by atoms with Crippen molar-refractivity contribution in [1.82, 2.24) is 5.32 Å². The first-order chi connectivity index (χ1) is 4.91. The fourth-order valence-corrected chi connectivity index (χ4v) is 1.75. The molecule has 2 aliphatic rings. The van der Waals surface area contributed by atoms with Crippen LogP contribution in [0.2, 0.25) is 0 Å². The molecule has 0 aromatic rings. The third kappa shape index (κ3) is 1.06. The molecule has 0 aromatic heterocycles. The highest BCUT2D eigenvalue weighted by atomic mass is 16.5. The van der Waals surface area contributed by atoms with Gasteiger partial charge in [0.15, 0.2) is 0 Å². The molecule has 0 atom stereocenters. The Morgan fingerprint density at radius 3 is 2.80 bits per heavy atom. The van der Waals surface area contributed by atoms with E-state index in [4.69, 9.17) is 4.74 Å². The van der Waals surface area contributed by atoms with E-state index in [1.165, 1.54) is 25.7 Å². The maximum Gasteiger partial charge on any atom is 0.0806 e. The maximum absolute atomic E-state index is 5.76. The third-order valence-corrected chi connectivity index (χ3v) is 2.62. The van der Waals surface area contributed by atoms with Gasteiger partial charge in [-0.2, -0.15) is 0 Å². The van der Waals surface area contributed by atoms with Crippen molar-refractivity contribution in [1.29, 1.82) is 0 Å². The van der Waals surface area contributed by atoms with Gasteiger partial charge in [0.1, 0.15) is 0 Å². The second-order valence-corrected chi connectivity index (χ2v) is 3.42. The van der Waals surface area contributed by atoms with E-state index in [0.717, 1.165) is 19.7 Å². The quantitative estimate of drug-likeness (QED) is 0.541. The minimum Gasteiger partial charge on any atom is -0.374 e. The summed E-state index contributed by atoms with van der Waals surface area (Å²) in [6.07, 6.45) is 5.10.